The Morgan fingerprint density at radius 1 is 1.42 bits per heavy atom. The highest BCUT2D eigenvalue weighted by Gasteiger charge is 2.28. The molecule has 0 N–H and O–H groups in total. The summed E-state index contributed by atoms with van der Waals surface area (Å²) in [5.74, 6) is -0.0565. The topological polar surface area (TPSA) is 64.5 Å². The zero-order valence-corrected chi connectivity index (χ0v) is 14.1. The van der Waals surface area contributed by atoms with Crippen molar-refractivity contribution in [1.29, 1.82) is 0 Å². The van der Waals surface area contributed by atoms with Crippen molar-refractivity contribution in [2.45, 2.75) is 6.10 Å². The third-order valence-electron chi connectivity index (χ3n) is 3.82. The Labute approximate surface area is 145 Å². The average molecular weight is 348 g/mol. The van der Waals surface area contributed by atoms with E-state index in [0.717, 1.165) is 5.56 Å². The minimum Gasteiger partial charge on any atom is -0.375 e. The van der Waals surface area contributed by atoms with Crippen LogP contribution in [0, 0.1) is 0 Å². The van der Waals surface area contributed by atoms with Crippen molar-refractivity contribution < 1.29 is 14.3 Å². The van der Waals surface area contributed by atoms with E-state index < -0.39 is 0 Å². The molecule has 126 valence electrons. The van der Waals surface area contributed by atoms with Crippen LogP contribution in [0.3, 0.4) is 0 Å². The Bertz CT molecular complexity index is 726. The van der Waals surface area contributed by atoms with Crippen LogP contribution in [0.2, 0.25) is 5.02 Å². The summed E-state index contributed by atoms with van der Waals surface area (Å²) in [6.45, 7) is 1.49. The number of nitrogens with zero attached hydrogens (tertiary/aromatic N) is 3. The summed E-state index contributed by atoms with van der Waals surface area (Å²) in [6.07, 6.45) is 2.93. The molecular weight excluding hydrogens is 330 g/mol. The molecule has 1 saturated heterocycles. The number of halogens is 1. The number of carbonyl (C=O) groups excluding carboxylic acids is 1. The molecular formula is C17H18ClN3O3. The summed E-state index contributed by atoms with van der Waals surface area (Å²) in [5.41, 5.74) is 2.29. The zero-order chi connectivity index (χ0) is 16.9. The normalized spacial score (nSPS) is 17.8. The number of ether oxygens (including phenoxy) is 2. The van der Waals surface area contributed by atoms with Crippen molar-refractivity contribution in [3.05, 3.63) is 47.4 Å². The van der Waals surface area contributed by atoms with Crippen molar-refractivity contribution >= 4 is 17.5 Å². The molecule has 3 rings (SSSR count). The monoisotopic (exact) mass is 347 g/mol. The molecule has 1 atom stereocenters. The summed E-state index contributed by atoms with van der Waals surface area (Å²) in [6, 6.07) is 7.44. The lowest BCUT2D eigenvalue weighted by Gasteiger charge is -2.33. The second-order valence-electron chi connectivity index (χ2n) is 5.43. The molecule has 1 amide bonds. The van der Waals surface area contributed by atoms with Gasteiger partial charge in [-0.05, 0) is 12.1 Å². The van der Waals surface area contributed by atoms with Crippen molar-refractivity contribution in [1.82, 2.24) is 14.9 Å². The highest BCUT2D eigenvalue weighted by molar-refractivity contribution is 6.30. The molecule has 1 fully saturated rings. The van der Waals surface area contributed by atoms with Gasteiger partial charge < -0.3 is 14.4 Å². The number of morpholine rings is 1. The molecule has 2 aromatic rings. The molecule has 0 radical (unpaired) electrons. The fraction of sp³-hybridized carbons (Fsp3) is 0.353. The van der Waals surface area contributed by atoms with Gasteiger partial charge in [0.05, 0.1) is 24.5 Å². The molecule has 1 aromatic carbocycles. The van der Waals surface area contributed by atoms with Gasteiger partial charge in [0.2, 0.25) is 5.91 Å². The van der Waals surface area contributed by atoms with E-state index in [1.54, 1.807) is 17.3 Å². The standard InChI is InChI=1S/C17H18ClN3O3/c1-23-11-15(22)21-7-8-24-14(10-21)17-16(19-5-6-20-17)12-3-2-4-13(18)9-12/h2-6,9,14H,7-8,10-11H2,1H3. The van der Waals surface area contributed by atoms with Gasteiger partial charge in [0.15, 0.2) is 0 Å². The smallest absolute Gasteiger partial charge is 0.248 e. The summed E-state index contributed by atoms with van der Waals surface area (Å²) in [4.78, 5) is 22.7. The van der Waals surface area contributed by atoms with Crippen LogP contribution in [0.4, 0.5) is 0 Å². The number of benzene rings is 1. The van der Waals surface area contributed by atoms with Crippen LogP contribution in [0.1, 0.15) is 11.8 Å². The first-order chi connectivity index (χ1) is 11.7. The van der Waals surface area contributed by atoms with Gasteiger partial charge in [0.25, 0.3) is 0 Å². The lowest BCUT2D eigenvalue weighted by Crippen LogP contribution is -2.44. The number of carbonyl (C=O) groups is 1. The number of hydrogen-bond donors (Lipinski definition) is 0. The Morgan fingerprint density at radius 3 is 3.04 bits per heavy atom. The lowest BCUT2D eigenvalue weighted by atomic mass is 10.1. The SMILES string of the molecule is COCC(=O)N1CCOC(c2nccnc2-c2cccc(Cl)c2)C1. The van der Waals surface area contributed by atoms with E-state index in [2.05, 4.69) is 9.97 Å². The predicted molar refractivity (Wildman–Crippen MR) is 89.6 cm³/mol. The summed E-state index contributed by atoms with van der Waals surface area (Å²) in [7, 11) is 1.51. The first-order valence-electron chi connectivity index (χ1n) is 7.64. The fourth-order valence-corrected chi connectivity index (χ4v) is 2.89. The molecule has 2 heterocycles. The van der Waals surface area contributed by atoms with Crippen LogP contribution in [0.5, 0.6) is 0 Å². The van der Waals surface area contributed by atoms with E-state index in [0.29, 0.717) is 36.1 Å². The summed E-state index contributed by atoms with van der Waals surface area (Å²) < 4.78 is 10.8. The Morgan fingerprint density at radius 2 is 2.25 bits per heavy atom. The quantitative estimate of drug-likeness (QED) is 0.849. The second kappa shape index (κ2) is 7.70. The number of amides is 1. The first-order valence-corrected chi connectivity index (χ1v) is 8.02. The summed E-state index contributed by atoms with van der Waals surface area (Å²) in [5, 5.41) is 0.630. The molecule has 1 unspecified atom stereocenters. The van der Waals surface area contributed by atoms with Crippen LogP contribution < -0.4 is 0 Å². The highest BCUT2D eigenvalue weighted by Crippen LogP contribution is 2.30. The first kappa shape index (κ1) is 16.8. The number of aromatic nitrogens is 2. The molecule has 24 heavy (non-hydrogen) atoms. The Kier molecular flexibility index (Phi) is 5.40. The molecule has 0 aliphatic carbocycles. The second-order valence-corrected chi connectivity index (χ2v) is 5.87. The van der Waals surface area contributed by atoms with Crippen LogP contribution in [-0.4, -0.2) is 54.2 Å². The molecule has 6 nitrogen and oxygen atoms in total. The van der Waals surface area contributed by atoms with Gasteiger partial charge in [0, 0.05) is 36.6 Å². The third kappa shape index (κ3) is 3.72. The molecule has 0 spiro atoms. The predicted octanol–water partition coefficient (Wildman–Crippen LogP) is 2.34. The van der Waals surface area contributed by atoms with Crippen molar-refractivity contribution in [2.75, 3.05) is 33.4 Å². The van der Waals surface area contributed by atoms with Crippen molar-refractivity contribution in [2.24, 2.45) is 0 Å². The highest BCUT2D eigenvalue weighted by atomic mass is 35.5. The lowest BCUT2D eigenvalue weighted by molar-refractivity contribution is -0.143. The van der Waals surface area contributed by atoms with Crippen LogP contribution in [0.25, 0.3) is 11.3 Å². The largest absolute Gasteiger partial charge is 0.375 e. The third-order valence-corrected chi connectivity index (χ3v) is 4.05. The minimum absolute atomic E-state index is 0.0565. The van der Waals surface area contributed by atoms with Gasteiger partial charge in [-0.2, -0.15) is 0 Å². The van der Waals surface area contributed by atoms with E-state index in [1.165, 1.54) is 7.11 Å². The maximum absolute atomic E-state index is 12.1. The van der Waals surface area contributed by atoms with Crippen molar-refractivity contribution in [3.63, 3.8) is 0 Å². The average Bonchev–Trinajstić information content (AvgIpc) is 2.62. The molecule has 0 saturated carbocycles. The molecule has 1 aliphatic rings. The van der Waals surface area contributed by atoms with Gasteiger partial charge in [-0.1, -0.05) is 23.7 Å². The van der Waals surface area contributed by atoms with Gasteiger partial charge in [-0.15, -0.1) is 0 Å². The van der Waals surface area contributed by atoms with Gasteiger partial charge in [-0.3, -0.25) is 14.8 Å². The van der Waals surface area contributed by atoms with E-state index in [9.17, 15) is 4.79 Å². The number of rotatable bonds is 4. The van der Waals surface area contributed by atoms with Crippen LogP contribution in [-0.2, 0) is 14.3 Å². The zero-order valence-electron chi connectivity index (χ0n) is 13.3. The van der Waals surface area contributed by atoms with E-state index in [1.807, 2.05) is 24.3 Å². The maximum Gasteiger partial charge on any atom is 0.248 e. The molecule has 7 heteroatoms. The van der Waals surface area contributed by atoms with Crippen LogP contribution in [0.15, 0.2) is 36.7 Å². The molecule has 1 aromatic heterocycles. The van der Waals surface area contributed by atoms with E-state index in [-0.39, 0.29) is 18.6 Å². The van der Waals surface area contributed by atoms with Crippen molar-refractivity contribution in [3.8, 4) is 11.3 Å². The van der Waals surface area contributed by atoms with Crippen LogP contribution >= 0.6 is 11.6 Å². The van der Waals surface area contributed by atoms with Gasteiger partial charge in [-0.25, -0.2) is 0 Å². The summed E-state index contributed by atoms with van der Waals surface area (Å²) >= 11 is 6.09. The van der Waals surface area contributed by atoms with E-state index >= 15 is 0 Å². The van der Waals surface area contributed by atoms with Gasteiger partial charge >= 0.3 is 0 Å². The number of methoxy groups -OCH3 is 1. The molecule has 1 aliphatic heterocycles. The Hall–Kier alpha value is -2.02. The molecule has 0 bridgehead atoms. The Balaban J connectivity index is 1.88. The number of hydrogen-bond acceptors (Lipinski definition) is 5. The minimum atomic E-state index is -0.331. The van der Waals surface area contributed by atoms with E-state index in [4.69, 9.17) is 21.1 Å². The maximum atomic E-state index is 12.1. The van der Waals surface area contributed by atoms with Gasteiger partial charge in [0.1, 0.15) is 12.7 Å². The fourth-order valence-electron chi connectivity index (χ4n) is 2.70.